The highest BCUT2D eigenvalue weighted by Crippen LogP contribution is 2.62. The first kappa shape index (κ1) is 9.17. The lowest BCUT2D eigenvalue weighted by Crippen LogP contribution is -2.26. The van der Waals surface area contributed by atoms with Gasteiger partial charge in [0, 0.05) is 13.2 Å². The molecule has 80 valence electrons. The van der Waals surface area contributed by atoms with Gasteiger partial charge in [-0.3, -0.25) is 0 Å². The zero-order valence-corrected chi connectivity index (χ0v) is 8.60. The first-order valence-corrected chi connectivity index (χ1v) is 6.07. The molecule has 3 aliphatic rings. The van der Waals surface area contributed by atoms with E-state index in [1.807, 2.05) is 0 Å². The molecule has 14 heavy (non-hydrogen) atoms. The molecule has 0 aromatic carbocycles. The van der Waals surface area contributed by atoms with E-state index in [1.165, 1.54) is 19.3 Å². The van der Waals surface area contributed by atoms with Crippen LogP contribution in [0.3, 0.4) is 0 Å². The summed E-state index contributed by atoms with van der Waals surface area (Å²) in [6.07, 6.45) is 5.25. The number of hydrogen-bond donors (Lipinski definition) is 2. The second kappa shape index (κ2) is 3.21. The molecule has 3 saturated carbocycles. The van der Waals surface area contributed by atoms with E-state index in [0.29, 0.717) is 25.0 Å². The van der Waals surface area contributed by atoms with Gasteiger partial charge in [0.15, 0.2) is 0 Å². The van der Waals surface area contributed by atoms with Crippen molar-refractivity contribution in [1.82, 2.24) is 0 Å². The third-order valence-electron chi connectivity index (χ3n) is 5.21. The first-order valence-electron chi connectivity index (χ1n) is 6.07. The summed E-state index contributed by atoms with van der Waals surface area (Å²) in [4.78, 5) is 0. The lowest BCUT2D eigenvalue weighted by atomic mass is 9.76. The maximum absolute atomic E-state index is 9.37. The zero-order chi connectivity index (χ0) is 9.71. The average molecular weight is 196 g/mol. The van der Waals surface area contributed by atoms with Crippen molar-refractivity contribution in [1.29, 1.82) is 0 Å². The van der Waals surface area contributed by atoms with Crippen LogP contribution in [0.4, 0.5) is 0 Å². The zero-order valence-electron chi connectivity index (χ0n) is 8.60. The molecule has 0 aromatic rings. The minimum atomic E-state index is 0.348. The molecule has 0 aliphatic heterocycles. The SMILES string of the molecule is OC[C@@H]1C[C@H](CO)[C@@H]2[C@H]3CC[C@H](C3)[C@H]12. The summed E-state index contributed by atoms with van der Waals surface area (Å²) in [5, 5.41) is 18.7. The van der Waals surface area contributed by atoms with Gasteiger partial charge in [0.25, 0.3) is 0 Å². The summed E-state index contributed by atoms with van der Waals surface area (Å²) < 4.78 is 0. The molecule has 3 fully saturated rings. The summed E-state index contributed by atoms with van der Waals surface area (Å²) >= 11 is 0. The molecule has 3 aliphatic carbocycles. The largest absolute Gasteiger partial charge is 0.396 e. The number of fused-ring (bicyclic) bond motifs is 5. The maximum Gasteiger partial charge on any atom is 0.0462 e. The van der Waals surface area contributed by atoms with Gasteiger partial charge in [-0.1, -0.05) is 0 Å². The van der Waals surface area contributed by atoms with Gasteiger partial charge in [-0.2, -0.15) is 0 Å². The average Bonchev–Trinajstić information content (AvgIpc) is 2.88. The molecular formula is C12H20O2. The Bertz CT molecular complexity index is 206. The smallest absolute Gasteiger partial charge is 0.0462 e. The van der Waals surface area contributed by atoms with Gasteiger partial charge in [-0.15, -0.1) is 0 Å². The molecule has 2 heteroatoms. The predicted octanol–water partition coefficient (Wildman–Crippen LogP) is 1.27. The lowest BCUT2D eigenvalue weighted by molar-refractivity contribution is 0.125. The van der Waals surface area contributed by atoms with Crippen LogP contribution in [0.15, 0.2) is 0 Å². The van der Waals surface area contributed by atoms with Crippen molar-refractivity contribution in [3.8, 4) is 0 Å². The summed E-state index contributed by atoms with van der Waals surface area (Å²) in [6.45, 7) is 0.696. The van der Waals surface area contributed by atoms with Gasteiger partial charge in [0.1, 0.15) is 0 Å². The highest BCUT2D eigenvalue weighted by Gasteiger charge is 2.56. The van der Waals surface area contributed by atoms with Crippen LogP contribution < -0.4 is 0 Å². The maximum atomic E-state index is 9.37. The van der Waals surface area contributed by atoms with Crippen molar-refractivity contribution in [2.45, 2.75) is 25.7 Å². The highest BCUT2D eigenvalue weighted by molar-refractivity contribution is 5.05. The normalized spacial score (nSPS) is 55.3. The van der Waals surface area contributed by atoms with E-state index in [9.17, 15) is 10.2 Å². The standard InChI is InChI=1S/C12H20O2/c13-5-9-4-10(6-14)12-8-2-1-7(3-8)11(9)12/h7-14H,1-6H2/t7-,8+,9+,10-,11-,12+. The van der Waals surface area contributed by atoms with E-state index in [-0.39, 0.29) is 0 Å². The molecule has 2 N–H and O–H groups in total. The first-order chi connectivity index (χ1) is 6.85. The van der Waals surface area contributed by atoms with E-state index in [4.69, 9.17) is 0 Å². The third kappa shape index (κ3) is 1.04. The fraction of sp³-hybridized carbons (Fsp3) is 1.00. The van der Waals surface area contributed by atoms with Crippen molar-refractivity contribution in [2.24, 2.45) is 35.5 Å². The summed E-state index contributed by atoms with van der Waals surface area (Å²) in [7, 11) is 0. The molecule has 2 bridgehead atoms. The van der Waals surface area contributed by atoms with Gasteiger partial charge in [-0.05, 0) is 61.2 Å². The molecular weight excluding hydrogens is 176 g/mol. The quantitative estimate of drug-likeness (QED) is 0.698. The van der Waals surface area contributed by atoms with Gasteiger partial charge in [-0.25, -0.2) is 0 Å². The van der Waals surface area contributed by atoms with E-state index in [0.717, 1.165) is 30.1 Å². The highest BCUT2D eigenvalue weighted by atomic mass is 16.3. The Kier molecular flexibility index (Phi) is 2.10. The topological polar surface area (TPSA) is 40.5 Å². The molecule has 0 radical (unpaired) electrons. The van der Waals surface area contributed by atoms with Crippen molar-refractivity contribution in [3.63, 3.8) is 0 Å². The van der Waals surface area contributed by atoms with Gasteiger partial charge >= 0.3 is 0 Å². The minimum Gasteiger partial charge on any atom is -0.396 e. The number of hydrogen-bond acceptors (Lipinski definition) is 2. The molecule has 0 spiro atoms. The van der Waals surface area contributed by atoms with Crippen LogP contribution in [0.5, 0.6) is 0 Å². The Hall–Kier alpha value is -0.0800. The molecule has 6 atom stereocenters. The van der Waals surface area contributed by atoms with Crippen molar-refractivity contribution in [2.75, 3.05) is 13.2 Å². The lowest BCUT2D eigenvalue weighted by Gasteiger charge is -2.29. The Morgan fingerprint density at radius 3 is 1.71 bits per heavy atom. The fourth-order valence-corrected chi connectivity index (χ4v) is 4.87. The molecule has 0 saturated heterocycles. The monoisotopic (exact) mass is 196 g/mol. The number of aliphatic hydroxyl groups excluding tert-OH is 2. The van der Waals surface area contributed by atoms with Gasteiger partial charge in [0.05, 0.1) is 0 Å². The molecule has 2 nitrogen and oxygen atoms in total. The Morgan fingerprint density at radius 1 is 0.786 bits per heavy atom. The molecule has 3 rings (SSSR count). The second-order valence-corrected chi connectivity index (χ2v) is 5.61. The molecule has 0 unspecified atom stereocenters. The van der Waals surface area contributed by atoms with E-state index in [1.54, 1.807) is 0 Å². The molecule has 0 amide bonds. The number of aliphatic hydroxyl groups is 2. The summed E-state index contributed by atoms with van der Waals surface area (Å²) in [6, 6.07) is 0. The van der Waals surface area contributed by atoms with Crippen molar-refractivity contribution in [3.05, 3.63) is 0 Å². The van der Waals surface area contributed by atoms with E-state index in [2.05, 4.69) is 0 Å². The second-order valence-electron chi connectivity index (χ2n) is 5.61. The minimum absolute atomic E-state index is 0.348. The molecule has 0 heterocycles. The van der Waals surface area contributed by atoms with Crippen LogP contribution in [0.1, 0.15) is 25.7 Å². The Balaban J connectivity index is 1.86. The van der Waals surface area contributed by atoms with Crippen molar-refractivity contribution >= 4 is 0 Å². The van der Waals surface area contributed by atoms with E-state index < -0.39 is 0 Å². The number of rotatable bonds is 2. The van der Waals surface area contributed by atoms with Crippen LogP contribution in [0.2, 0.25) is 0 Å². The van der Waals surface area contributed by atoms with Crippen LogP contribution in [0.25, 0.3) is 0 Å². The van der Waals surface area contributed by atoms with Crippen LogP contribution in [-0.2, 0) is 0 Å². The summed E-state index contributed by atoms with van der Waals surface area (Å²) in [5.41, 5.74) is 0. The van der Waals surface area contributed by atoms with E-state index >= 15 is 0 Å². The van der Waals surface area contributed by atoms with Crippen molar-refractivity contribution < 1.29 is 10.2 Å². The third-order valence-corrected chi connectivity index (χ3v) is 5.21. The molecule has 0 aromatic heterocycles. The summed E-state index contributed by atoms with van der Waals surface area (Å²) in [5.74, 6) is 4.31. The Morgan fingerprint density at radius 2 is 1.29 bits per heavy atom. The van der Waals surface area contributed by atoms with Crippen LogP contribution >= 0.6 is 0 Å². The van der Waals surface area contributed by atoms with Crippen LogP contribution in [-0.4, -0.2) is 23.4 Å². The van der Waals surface area contributed by atoms with Crippen LogP contribution in [0, 0.1) is 35.5 Å². The van der Waals surface area contributed by atoms with Gasteiger partial charge < -0.3 is 10.2 Å². The predicted molar refractivity (Wildman–Crippen MR) is 53.6 cm³/mol. The fourth-order valence-electron chi connectivity index (χ4n) is 4.87. The Labute approximate surface area is 85.3 Å². The van der Waals surface area contributed by atoms with Gasteiger partial charge in [0.2, 0.25) is 0 Å².